The number of nitro groups is 1. The molecule has 1 atom stereocenters. The van der Waals surface area contributed by atoms with Gasteiger partial charge in [-0.05, 0) is 31.0 Å². The van der Waals surface area contributed by atoms with Crippen molar-refractivity contribution < 1.29 is 18.1 Å². The van der Waals surface area contributed by atoms with Gasteiger partial charge < -0.3 is 10.1 Å². The average molecular weight is 338 g/mol. The zero-order valence-electron chi connectivity index (χ0n) is 13.0. The van der Waals surface area contributed by atoms with Crippen LogP contribution in [0, 0.1) is 10.1 Å². The van der Waals surface area contributed by atoms with E-state index in [1.807, 2.05) is 0 Å². The number of non-ortho nitro benzene ring substituents is 1. The molecule has 8 heteroatoms. The number of rotatable bonds is 1. The van der Waals surface area contributed by atoms with Gasteiger partial charge in [0.15, 0.2) is 9.84 Å². The maximum Gasteiger partial charge on any atom is 0.269 e. The lowest BCUT2D eigenvalue weighted by Gasteiger charge is -2.48. The minimum absolute atomic E-state index is 0.0698. The van der Waals surface area contributed by atoms with Gasteiger partial charge in [-0.25, -0.2) is 8.42 Å². The lowest BCUT2D eigenvalue weighted by atomic mass is 9.85. The van der Waals surface area contributed by atoms with Crippen molar-refractivity contribution in [3.8, 4) is 0 Å². The Hall–Kier alpha value is -1.93. The highest BCUT2D eigenvalue weighted by Gasteiger charge is 2.53. The van der Waals surface area contributed by atoms with Crippen molar-refractivity contribution in [3.05, 3.63) is 51.7 Å². The van der Waals surface area contributed by atoms with E-state index in [1.165, 1.54) is 12.1 Å². The summed E-state index contributed by atoms with van der Waals surface area (Å²) in [6.45, 7) is 7.48. The summed E-state index contributed by atoms with van der Waals surface area (Å²) in [7, 11) is -3.51. The first kappa shape index (κ1) is 15.9. The molecule has 0 unspecified atom stereocenters. The van der Waals surface area contributed by atoms with E-state index in [4.69, 9.17) is 4.74 Å². The number of benzene rings is 1. The molecule has 2 heterocycles. The van der Waals surface area contributed by atoms with Gasteiger partial charge in [0.05, 0.1) is 23.9 Å². The van der Waals surface area contributed by atoms with Crippen molar-refractivity contribution in [1.29, 1.82) is 0 Å². The Kier molecular flexibility index (Phi) is 3.32. The predicted molar refractivity (Wildman–Crippen MR) is 84.6 cm³/mol. The van der Waals surface area contributed by atoms with Crippen molar-refractivity contribution >= 4 is 15.5 Å². The third kappa shape index (κ3) is 2.24. The number of nitro benzene ring substituents is 1. The first-order valence-electron chi connectivity index (χ1n) is 7.14. The highest BCUT2D eigenvalue weighted by Crippen LogP contribution is 2.42. The highest BCUT2D eigenvalue weighted by atomic mass is 32.2. The molecule has 1 aromatic carbocycles. The average Bonchev–Trinajstić information content (AvgIpc) is 2.45. The number of ether oxygens (including phenoxy) is 1. The van der Waals surface area contributed by atoms with E-state index < -0.39 is 25.0 Å². The van der Waals surface area contributed by atoms with Crippen LogP contribution in [0.1, 0.15) is 25.0 Å². The van der Waals surface area contributed by atoms with Gasteiger partial charge in [0.25, 0.3) is 5.69 Å². The summed E-state index contributed by atoms with van der Waals surface area (Å²) < 4.78 is 29.9. The van der Waals surface area contributed by atoms with Crippen LogP contribution in [-0.4, -0.2) is 30.4 Å². The molecule has 0 bridgehead atoms. The Morgan fingerprint density at radius 3 is 2.70 bits per heavy atom. The van der Waals surface area contributed by atoms with Gasteiger partial charge >= 0.3 is 0 Å². The maximum atomic E-state index is 12.7. The van der Waals surface area contributed by atoms with E-state index in [0.717, 1.165) is 5.56 Å². The number of nitrogens with one attached hydrogen (secondary N) is 1. The Morgan fingerprint density at radius 1 is 1.39 bits per heavy atom. The summed E-state index contributed by atoms with van der Waals surface area (Å²) in [5.41, 5.74) is 0.604. The van der Waals surface area contributed by atoms with Crippen molar-refractivity contribution in [2.45, 2.75) is 30.7 Å². The normalized spacial score (nSPS) is 28.0. The topological polar surface area (TPSA) is 98.5 Å². The number of sulfone groups is 1. The standard InChI is InChI=1S/C15H18N2O5S/c1-10-14(2,3)23(20,21)9-15(16-10)8-22-7-11-4-5-12(17(18)19)6-13(11)15/h4-6,16H,1,7-9H2,2-3H3/t15-/m0/s1. The lowest BCUT2D eigenvalue weighted by molar-refractivity contribution is -0.385. The van der Waals surface area contributed by atoms with Gasteiger partial charge in [-0.3, -0.25) is 10.1 Å². The van der Waals surface area contributed by atoms with E-state index >= 15 is 0 Å². The molecule has 1 fully saturated rings. The van der Waals surface area contributed by atoms with Gasteiger partial charge in [0.1, 0.15) is 10.3 Å². The van der Waals surface area contributed by atoms with Crippen LogP contribution < -0.4 is 5.32 Å². The molecular formula is C15H18N2O5S. The quantitative estimate of drug-likeness (QED) is 0.617. The molecule has 1 aromatic rings. The van der Waals surface area contributed by atoms with Crippen molar-refractivity contribution in [1.82, 2.24) is 5.32 Å². The smallest absolute Gasteiger partial charge is 0.269 e. The van der Waals surface area contributed by atoms with E-state index in [1.54, 1.807) is 19.9 Å². The minimum atomic E-state index is -3.51. The van der Waals surface area contributed by atoms with E-state index in [9.17, 15) is 18.5 Å². The Balaban J connectivity index is 2.18. The zero-order chi connectivity index (χ0) is 17.0. The second-order valence-corrected chi connectivity index (χ2v) is 9.09. The van der Waals surface area contributed by atoms with Gasteiger partial charge in [-0.1, -0.05) is 6.58 Å². The fraction of sp³-hybridized carbons (Fsp3) is 0.467. The highest BCUT2D eigenvalue weighted by molar-refractivity contribution is 7.93. The number of hydrogen-bond acceptors (Lipinski definition) is 6. The monoisotopic (exact) mass is 338 g/mol. The van der Waals surface area contributed by atoms with Crippen LogP contribution in [0.2, 0.25) is 0 Å². The van der Waals surface area contributed by atoms with Gasteiger partial charge in [0, 0.05) is 17.8 Å². The van der Waals surface area contributed by atoms with Gasteiger partial charge in [-0.15, -0.1) is 0 Å². The molecule has 23 heavy (non-hydrogen) atoms. The molecule has 2 aliphatic rings. The van der Waals surface area contributed by atoms with Crippen molar-refractivity contribution in [2.24, 2.45) is 0 Å². The third-order valence-corrected chi connectivity index (χ3v) is 7.43. The Morgan fingerprint density at radius 2 is 2.09 bits per heavy atom. The van der Waals surface area contributed by atoms with Crippen LogP contribution in [0.15, 0.2) is 30.5 Å². The molecule has 0 saturated carbocycles. The van der Waals surface area contributed by atoms with E-state index in [-0.39, 0.29) is 18.0 Å². The molecule has 124 valence electrons. The van der Waals surface area contributed by atoms with Crippen LogP contribution in [0.4, 0.5) is 5.69 Å². The largest absolute Gasteiger partial charge is 0.375 e. The van der Waals surface area contributed by atoms with E-state index in [2.05, 4.69) is 11.9 Å². The third-order valence-electron chi connectivity index (χ3n) is 4.76. The van der Waals surface area contributed by atoms with Crippen LogP contribution in [0.5, 0.6) is 0 Å². The summed E-state index contributed by atoms with van der Waals surface area (Å²) in [5.74, 6) is -0.194. The van der Waals surface area contributed by atoms with E-state index in [0.29, 0.717) is 17.9 Å². The van der Waals surface area contributed by atoms with Crippen molar-refractivity contribution in [2.75, 3.05) is 12.4 Å². The number of hydrogen-bond donors (Lipinski definition) is 1. The van der Waals surface area contributed by atoms with Crippen molar-refractivity contribution in [3.63, 3.8) is 0 Å². The Bertz CT molecular complexity index is 815. The predicted octanol–water partition coefficient (Wildman–Crippen LogP) is 1.63. The second-order valence-electron chi connectivity index (χ2n) is 6.55. The SMILES string of the molecule is C=C1N[C@@]2(COCc3ccc([N+](=O)[O-])cc32)CS(=O)(=O)C1(C)C. The molecular weight excluding hydrogens is 320 g/mol. The van der Waals surface area contributed by atoms with Crippen LogP contribution >= 0.6 is 0 Å². The summed E-state index contributed by atoms with van der Waals surface area (Å²) in [4.78, 5) is 10.6. The summed E-state index contributed by atoms with van der Waals surface area (Å²) in [6.07, 6.45) is 0. The van der Waals surface area contributed by atoms with Crippen LogP contribution in [0.25, 0.3) is 0 Å². The fourth-order valence-corrected chi connectivity index (χ4v) is 4.80. The first-order chi connectivity index (χ1) is 10.6. The molecule has 0 aromatic heterocycles. The number of fused-ring (bicyclic) bond motifs is 2. The molecule has 0 aliphatic carbocycles. The van der Waals surface area contributed by atoms with Crippen LogP contribution in [0.3, 0.4) is 0 Å². The summed E-state index contributed by atoms with van der Waals surface area (Å²) in [5, 5.41) is 14.2. The van der Waals surface area contributed by atoms with Gasteiger partial charge in [0.2, 0.25) is 0 Å². The molecule has 7 nitrogen and oxygen atoms in total. The Labute approximate surface area is 134 Å². The van der Waals surface area contributed by atoms with Gasteiger partial charge in [-0.2, -0.15) is 0 Å². The zero-order valence-corrected chi connectivity index (χ0v) is 13.8. The molecule has 1 saturated heterocycles. The molecule has 0 radical (unpaired) electrons. The molecule has 3 rings (SSSR count). The summed E-state index contributed by atoms with van der Waals surface area (Å²) in [6, 6.07) is 4.45. The molecule has 1 spiro atoms. The maximum absolute atomic E-state index is 12.7. The lowest BCUT2D eigenvalue weighted by Crippen LogP contribution is -2.62. The minimum Gasteiger partial charge on any atom is -0.375 e. The second kappa shape index (κ2) is 4.78. The molecule has 1 N–H and O–H groups in total. The molecule has 2 aliphatic heterocycles. The molecule has 0 amide bonds. The fourth-order valence-electron chi connectivity index (χ4n) is 3.05. The summed E-state index contributed by atoms with van der Waals surface area (Å²) >= 11 is 0. The van der Waals surface area contributed by atoms with Crippen LogP contribution in [-0.2, 0) is 26.7 Å². The first-order valence-corrected chi connectivity index (χ1v) is 8.80. The number of nitrogens with zero attached hydrogens (tertiary/aromatic N) is 1.